The Morgan fingerprint density at radius 3 is 2.44 bits per heavy atom. The highest BCUT2D eigenvalue weighted by molar-refractivity contribution is 4.69. The van der Waals surface area contributed by atoms with Crippen LogP contribution in [0.25, 0.3) is 0 Å². The van der Waals surface area contributed by atoms with E-state index in [0.717, 1.165) is 58.8 Å². The van der Waals surface area contributed by atoms with Gasteiger partial charge in [-0.2, -0.15) is 0 Å². The number of hydrogen-bond donors (Lipinski definition) is 1. The molecule has 0 radical (unpaired) electrons. The summed E-state index contributed by atoms with van der Waals surface area (Å²) in [5, 5.41) is 3.48. The second-order valence-electron chi connectivity index (χ2n) is 4.41. The molecule has 0 aromatic rings. The van der Waals surface area contributed by atoms with Crippen molar-refractivity contribution in [3.05, 3.63) is 0 Å². The van der Waals surface area contributed by atoms with E-state index >= 15 is 0 Å². The number of methoxy groups -OCH3 is 1. The standard InChI is InChI=1S/C13H27NO4/c1-15-6-2-7-16-11-12-18-10-5-14-13-3-8-17-9-4-13/h13-14H,2-12H2,1H3. The molecular formula is C13H27NO4. The molecule has 0 saturated carbocycles. The largest absolute Gasteiger partial charge is 0.385 e. The fourth-order valence-electron chi connectivity index (χ4n) is 1.86. The molecule has 5 nitrogen and oxygen atoms in total. The lowest BCUT2D eigenvalue weighted by atomic mass is 10.1. The minimum absolute atomic E-state index is 0.604. The topological polar surface area (TPSA) is 49.0 Å². The molecule has 0 bridgehead atoms. The van der Waals surface area contributed by atoms with E-state index in [0.29, 0.717) is 19.3 Å². The van der Waals surface area contributed by atoms with E-state index in [1.165, 1.54) is 0 Å². The molecule has 0 aromatic carbocycles. The van der Waals surface area contributed by atoms with Gasteiger partial charge < -0.3 is 24.3 Å². The molecule has 1 heterocycles. The summed E-state index contributed by atoms with van der Waals surface area (Å²) >= 11 is 0. The van der Waals surface area contributed by atoms with Gasteiger partial charge in [-0.15, -0.1) is 0 Å². The normalized spacial score (nSPS) is 17.2. The first-order valence-electron chi connectivity index (χ1n) is 6.89. The zero-order valence-electron chi connectivity index (χ0n) is 11.5. The molecule has 5 heteroatoms. The molecule has 0 atom stereocenters. The fourth-order valence-corrected chi connectivity index (χ4v) is 1.86. The van der Waals surface area contributed by atoms with E-state index in [1.807, 2.05) is 0 Å². The zero-order valence-corrected chi connectivity index (χ0v) is 11.5. The van der Waals surface area contributed by atoms with Gasteiger partial charge in [-0.3, -0.25) is 0 Å². The van der Waals surface area contributed by atoms with Crippen LogP contribution in [-0.2, 0) is 18.9 Å². The molecule has 1 aliphatic heterocycles. The van der Waals surface area contributed by atoms with Crippen LogP contribution in [0.4, 0.5) is 0 Å². The summed E-state index contributed by atoms with van der Waals surface area (Å²) in [6, 6.07) is 0.604. The average molecular weight is 261 g/mol. The maximum Gasteiger partial charge on any atom is 0.0701 e. The van der Waals surface area contributed by atoms with Crippen molar-refractivity contribution < 1.29 is 18.9 Å². The van der Waals surface area contributed by atoms with Gasteiger partial charge in [-0.1, -0.05) is 0 Å². The third-order valence-corrected chi connectivity index (χ3v) is 2.91. The molecule has 0 spiro atoms. The van der Waals surface area contributed by atoms with E-state index in [9.17, 15) is 0 Å². The highest BCUT2D eigenvalue weighted by atomic mass is 16.5. The second-order valence-corrected chi connectivity index (χ2v) is 4.41. The molecule has 1 saturated heterocycles. The summed E-state index contributed by atoms with van der Waals surface area (Å²) in [7, 11) is 1.70. The van der Waals surface area contributed by atoms with Crippen LogP contribution in [0.3, 0.4) is 0 Å². The van der Waals surface area contributed by atoms with Crippen LogP contribution in [-0.4, -0.2) is 65.9 Å². The molecule has 18 heavy (non-hydrogen) atoms. The van der Waals surface area contributed by atoms with E-state index in [1.54, 1.807) is 7.11 Å². The summed E-state index contributed by atoms with van der Waals surface area (Å²) < 4.78 is 21.1. The van der Waals surface area contributed by atoms with Gasteiger partial charge in [-0.25, -0.2) is 0 Å². The van der Waals surface area contributed by atoms with Crippen LogP contribution in [0.2, 0.25) is 0 Å². The molecule has 0 aromatic heterocycles. The van der Waals surface area contributed by atoms with E-state index < -0.39 is 0 Å². The summed E-state index contributed by atoms with van der Waals surface area (Å²) in [6.07, 6.45) is 3.17. The predicted octanol–water partition coefficient (Wildman–Crippen LogP) is 0.825. The minimum Gasteiger partial charge on any atom is -0.385 e. The highest BCUT2D eigenvalue weighted by Gasteiger charge is 2.11. The van der Waals surface area contributed by atoms with Crippen LogP contribution < -0.4 is 5.32 Å². The molecule has 0 aliphatic carbocycles. The van der Waals surface area contributed by atoms with Crippen molar-refractivity contribution in [1.82, 2.24) is 5.32 Å². The van der Waals surface area contributed by atoms with Crippen molar-refractivity contribution in [1.29, 1.82) is 0 Å². The Kier molecular flexibility index (Phi) is 10.5. The number of nitrogens with one attached hydrogen (secondary N) is 1. The summed E-state index contributed by atoms with van der Waals surface area (Å²) in [5.41, 5.74) is 0. The average Bonchev–Trinajstić information content (AvgIpc) is 2.42. The van der Waals surface area contributed by atoms with Crippen molar-refractivity contribution in [3.8, 4) is 0 Å². The van der Waals surface area contributed by atoms with E-state index in [-0.39, 0.29) is 0 Å². The quantitative estimate of drug-likeness (QED) is 0.558. The van der Waals surface area contributed by atoms with Crippen molar-refractivity contribution in [2.45, 2.75) is 25.3 Å². The van der Waals surface area contributed by atoms with Gasteiger partial charge >= 0.3 is 0 Å². The lowest BCUT2D eigenvalue weighted by Gasteiger charge is -2.23. The highest BCUT2D eigenvalue weighted by Crippen LogP contribution is 2.05. The maximum absolute atomic E-state index is 5.48. The van der Waals surface area contributed by atoms with Crippen LogP contribution in [0.15, 0.2) is 0 Å². The van der Waals surface area contributed by atoms with Gasteiger partial charge in [0.25, 0.3) is 0 Å². The summed E-state index contributed by atoms with van der Waals surface area (Å²) in [6.45, 7) is 6.27. The van der Waals surface area contributed by atoms with Gasteiger partial charge in [-0.05, 0) is 19.3 Å². The van der Waals surface area contributed by atoms with Gasteiger partial charge in [0.15, 0.2) is 0 Å². The lowest BCUT2D eigenvalue weighted by Crippen LogP contribution is -2.36. The van der Waals surface area contributed by atoms with Crippen molar-refractivity contribution in [3.63, 3.8) is 0 Å². The first-order valence-corrected chi connectivity index (χ1v) is 6.89. The Bertz CT molecular complexity index is 174. The number of hydrogen-bond acceptors (Lipinski definition) is 5. The van der Waals surface area contributed by atoms with Gasteiger partial charge in [0, 0.05) is 46.1 Å². The van der Waals surface area contributed by atoms with Crippen LogP contribution in [0.5, 0.6) is 0 Å². The van der Waals surface area contributed by atoms with Crippen molar-refractivity contribution in [2.75, 3.05) is 59.9 Å². The van der Waals surface area contributed by atoms with Crippen molar-refractivity contribution in [2.24, 2.45) is 0 Å². The molecule has 1 rings (SSSR count). The summed E-state index contributed by atoms with van der Waals surface area (Å²) in [5.74, 6) is 0. The Hall–Kier alpha value is -0.200. The lowest BCUT2D eigenvalue weighted by molar-refractivity contribution is 0.0376. The molecule has 0 unspecified atom stereocenters. The third kappa shape index (κ3) is 8.83. The van der Waals surface area contributed by atoms with Crippen LogP contribution in [0, 0.1) is 0 Å². The summed E-state index contributed by atoms with van der Waals surface area (Å²) in [4.78, 5) is 0. The van der Waals surface area contributed by atoms with Crippen molar-refractivity contribution >= 4 is 0 Å². The molecule has 1 N–H and O–H groups in total. The molecule has 1 aliphatic rings. The van der Waals surface area contributed by atoms with Crippen LogP contribution >= 0.6 is 0 Å². The zero-order chi connectivity index (χ0) is 12.9. The van der Waals surface area contributed by atoms with E-state index in [4.69, 9.17) is 18.9 Å². The second kappa shape index (κ2) is 11.9. The molecular weight excluding hydrogens is 234 g/mol. The fraction of sp³-hybridized carbons (Fsp3) is 1.00. The molecule has 108 valence electrons. The third-order valence-electron chi connectivity index (χ3n) is 2.91. The van der Waals surface area contributed by atoms with Gasteiger partial charge in [0.1, 0.15) is 0 Å². The van der Waals surface area contributed by atoms with Gasteiger partial charge in [0.05, 0.1) is 19.8 Å². The first kappa shape index (κ1) is 15.9. The Labute approximate surface area is 110 Å². The minimum atomic E-state index is 0.604. The predicted molar refractivity (Wildman–Crippen MR) is 70.0 cm³/mol. The monoisotopic (exact) mass is 261 g/mol. The Balaban J connectivity index is 1.73. The van der Waals surface area contributed by atoms with E-state index in [2.05, 4.69) is 5.32 Å². The number of ether oxygens (including phenoxy) is 4. The SMILES string of the molecule is COCCCOCCOCCNC1CCOCC1. The maximum atomic E-state index is 5.48. The Morgan fingerprint density at radius 1 is 1.00 bits per heavy atom. The first-order chi connectivity index (χ1) is 8.93. The molecule has 0 amide bonds. The van der Waals surface area contributed by atoms with Crippen LogP contribution in [0.1, 0.15) is 19.3 Å². The number of rotatable bonds is 11. The van der Waals surface area contributed by atoms with Gasteiger partial charge in [0.2, 0.25) is 0 Å². The molecule has 1 fully saturated rings. The smallest absolute Gasteiger partial charge is 0.0701 e. The Morgan fingerprint density at radius 2 is 1.72 bits per heavy atom.